The maximum Gasteiger partial charge on any atom is 0.151 e. The second-order valence-corrected chi connectivity index (χ2v) is 6.74. The first kappa shape index (κ1) is 14.3. The van der Waals surface area contributed by atoms with E-state index in [0.29, 0.717) is 6.04 Å². The minimum Gasteiger partial charge on any atom is -0.364 e. The van der Waals surface area contributed by atoms with E-state index < -0.39 is 0 Å². The van der Waals surface area contributed by atoms with E-state index in [-0.39, 0.29) is 0 Å². The van der Waals surface area contributed by atoms with E-state index in [0.717, 1.165) is 53.5 Å². The molecule has 3 aromatic rings. The second-order valence-electron chi connectivity index (χ2n) is 5.82. The lowest BCUT2D eigenvalue weighted by atomic mass is 10.1. The Hall–Kier alpha value is -2.28. The van der Waals surface area contributed by atoms with Gasteiger partial charge < -0.3 is 10.2 Å². The number of hydrogen-bond donors (Lipinski definition) is 1. The summed E-state index contributed by atoms with van der Waals surface area (Å²) in [6.07, 6.45) is 3.89. The fourth-order valence-corrected chi connectivity index (χ4v) is 3.75. The standard InChI is InChI=1S/C16H18N6S/c1-11-4-5-14(21-20-11)22-7-2-3-12(9-22)19-16-15-13(6-8-23-15)17-10-18-16/h4-6,8,10,12H,2-3,7,9H2,1H3,(H,17,18,19)/t12-/m0/s1. The van der Waals surface area contributed by atoms with Gasteiger partial charge >= 0.3 is 0 Å². The number of aromatic nitrogens is 4. The van der Waals surface area contributed by atoms with Crippen molar-refractivity contribution in [2.45, 2.75) is 25.8 Å². The Labute approximate surface area is 138 Å². The molecule has 3 aromatic heterocycles. The third-order valence-corrected chi connectivity index (χ3v) is 5.02. The van der Waals surface area contributed by atoms with Crippen LogP contribution in [0.4, 0.5) is 11.6 Å². The van der Waals surface area contributed by atoms with E-state index in [2.05, 4.69) is 35.8 Å². The van der Waals surface area contributed by atoms with E-state index in [1.165, 1.54) is 0 Å². The van der Waals surface area contributed by atoms with Gasteiger partial charge in [0.2, 0.25) is 0 Å². The molecule has 7 heteroatoms. The lowest BCUT2D eigenvalue weighted by Crippen LogP contribution is -2.42. The lowest BCUT2D eigenvalue weighted by Gasteiger charge is -2.34. The first-order valence-corrected chi connectivity index (χ1v) is 8.67. The third kappa shape index (κ3) is 2.96. The molecule has 1 aliphatic heterocycles. The van der Waals surface area contributed by atoms with Crippen LogP contribution in [-0.4, -0.2) is 39.3 Å². The van der Waals surface area contributed by atoms with Crippen molar-refractivity contribution in [2.24, 2.45) is 0 Å². The molecule has 0 aromatic carbocycles. The van der Waals surface area contributed by atoms with Gasteiger partial charge in [-0.2, -0.15) is 5.10 Å². The zero-order chi connectivity index (χ0) is 15.6. The average Bonchev–Trinajstić information content (AvgIpc) is 3.06. The van der Waals surface area contributed by atoms with Crippen LogP contribution in [0.3, 0.4) is 0 Å². The van der Waals surface area contributed by atoms with Gasteiger partial charge in [-0.15, -0.1) is 16.4 Å². The zero-order valence-electron chi connectivity index (χ0n) is 12.9. The van der Waals surface area contributed by atoms with E-state index in [1.54, 1.807) is 17.7 Å². The molecule has 6 nitrogen and oxygen atoms in total. The smallest absolute Gasteiger partial charge is 0.151 e. The molecule has 0 amide bonds. The van der Waals surface area contributed by atoms with Crippen LogP contribution in [0.2, 0.25) is 0 Å². The van der Waals surface area contributed by atoms with Crippen LogP contribution in [0.15, 0.2) is 29.9 Å². The van der Waals surface area contributed by atoms with Crippen LogP contribution in [0.25, 0.3) is 10.2 Å². The van der Waals surface area contributed by atoms with Gasteiger partial charge in [-0.25, -0.2) is 9.97 Å². The maximum absolute atomic E-state index is 4.42. The van der Waals surface area contributed by atoms with Crippen molar-refractivity contribution in [3.63, 3.8) is 0 Å². The van der Waals surface area contributed by atoms with Crippen molar-refractivity contribution in [1.29, 1.82) is 0 Å². The summed E-state index contributed by atoms with van der Waals surface area (Å²) in [7, 11) is 0. The van der Waals surface area contributed by atoms with Gasteiger partial charge in [0.15, 0.2) is 5.82 Å². The van der Waals surface area contributed by atoms with Crippen LogP contribution in [0.5, 0.6) is 0 Å². The van der Waals surface area contributed by atoms with Crippen LogP contribution >= 0.6 is 11.3 Å². The largest absolute Gasteiger partial charge is 0.364 e. The molecule has 0 saturated carbocycles. The molecule has 1 N–H and O–H groups in total. The van der Waals surface area contributed by atoms with Crippen molar-refractivity contribution in [3.8, 4) is 0 Å². The summed E-state index contributed by atoms with van der Waals surface area (Å²) in [4.78, 5) is 11.0. The van der Waals surface area contributed by atoms with E-state index in [1.807, 2.05) is 25.1 Å². The van der Waals surface area contributed by atoms with Crippen molar-refractivity contribution in [2.75, 3.05) is 23.3 Å². The van der Waals surface area contributed by atoms with E-state index in [4.69, 9.17) is 0 Å². The molecule has 4 rings (SSSR count). The number of fused-ring (bicyclic) bond motifs is 1. The molecule has 0 bridgehead atoms. The van der Waals surface area contributed by atoms with Crippen molar-refractivity contribution in [1.82, 2.24) is 20.2 Å². The number of hydrogen-bond acceptors (Lipinski definition) is 7. The van der Waals surface area contributed by atoms with Crippen molar-refractivity contribution >= 4 is 33.2 Å². The van der Waals surface area contributed by atoms with E-state index >= 15 is 0 Å². The Morgan fingerprint density at radius 1 is 1.22 bits per heavy atom. The molecule has 0 spiro atoms. The highest BCUT2D eigenvalue weighted by Gasteiger charge is 2.22. The molecule has 1 saturated heterocycles. The summed E-state index contributed by atoms with van der Waals surface area (Å²) in [6.45, 7) is 3.89. The number of nitrogens with one attached hydrogen (secondary N) is 1. The van der Waals surface area contributed by atoms with Gasteiger partial charge in [-0.3, -0.25) is 0 Å². The fourth-order valence-electron chi connectivity index (χ4n) is 2.95. The minimum absolute atomic E-state index is 0.354. The van der Waals surface area contributed by atoms with Gasteiger partial charge in [-0.05, 0) is 43.3 Å². The predicted octanol–water partition coefficient (Wildman–Crippen LogP) is 2.87. The topological polar surface area (TPSA) is 66.8 Å². The van der Waals surface area contributed by atoms with Crippen LogP contribution in [0, 0.1) is 6.92 Å². The fraction of sp³-hybridized carbons (Fsp3) is 0.375. The van der Waals surface area contributed by atoms with Gasteiger partial charge in [-0.1, -0.05) is 0 Å². The van der Waals surface area contributed by atoms with Crippen molar-refractivity contribution < 1.29 is 0 Å². The summed E-state index contributed by atoms with van der Waals surface area (Å²) >= 11 is 1.68. The lowest BCUT2D eigenvalue weighted by molar-refractivity contribution is 0.524. The molecule has 0 unspecified atom stereocenters. The summed E-state index contributed by atoms with van der Waals surface area (Å²) in [6, 6.07) is 6.44. The predicted molar refractivity (Wildman–Crippen MR) is 93.0 cm³/mol. The average molecular weight is 326 g/mol. The first-order chi connectivity index (χ1) is 11.3. The molecule has 4 heterocycles. The quantitative estimate of drug-likeness (QED) is 0.798. The molecule has 23 heavy (non-hydrogen) atoms. The molecular formula is C16H18N6S. The number of anilines is 2. The molecule has 1 atom stereocenters. The maximum atomic E-state index is 4.42. The molecule has 1 fully saturated rings. The molecular weight excluding hydrogens is 308 g/mol. The Balaban J connectivity index is 1.51. The summed E-state index contributed by atoms with van der Waals surface area (Å²) in [5.41, 5.74) is 1.95. The Bertz CT molecular complexity index is 800. The Morgan fingerprint density at radius 3 is 3.04 bits per heavy atom. The number of thiophene rings is 1. The van der Waals surface area contributed by atoms with Crippen LogP contribution < -0.4 is 10.2 Å². The normalized spacial score (nSPS) is 18.3. The highest BCUT2D eigenvalue weighted by molar-refractivity contribution is 7.17. The Morgan fingerprint density at radius 2 is 2.17 bits per heavy atom. The number of piperidine rings is 1. The van der Waals surface area contributed by atoms with Crippen molar-refractivity contribution in [3.05, 3.63) is 35.6 Å². The molecule has 0 aliphatic carbocycles. The third-order valence-electron chi connectivity index (χ3n) is 4.11. The summed E-state index contributed by atoms with van der Waals surface area (Å²) in [5.74, 6) is 1.89. The number of aryl methyl sites for hydroxylation is 1. The van der Waals surface area contributed by atoms with Gasteiger partial charge in [0.25, 0.3) is 0 Å². The summed E-state index contributed by atoms with van der Waals surface area (Å²) in [5, 5.41) is 14.1. The zero-order valence-corrected chi connectivity index (χ0v) is 13.8. The minimum atomic E-state index is 0.354. The number of rotatable bonds is 3. The molecule has 118 valence electrons. The first-order valence-electron chi connectivity index (χ1n) is 7.79. The second kappa shape index (κ2) is 6.08. The van der Waals surface area contributed by atoms with Crippen LogP contribution in [0.1, 0.15) is 18.5 Å². The van der Waals surface area contributed by atoms with E-state index in [9.17, 15) is 0 Å². The molecule has 0 radical (unpaired) electrons. The SMILES string of the molecule is Cc1ccc(N2CCC[C@H](Nc3ncnc4ccsc34)C2)nn1. The van der Waals surface area contributed by atoms with Gasteiger partial charge in [0.1, 0.15) is 12.1 Å². The number of nitrogens with zero attached hydrogens (tertiary/aromatic N) is 5. The molecule has 1 aliphatic rings. The van der Waals surface area contributed by atoms with Crippen LogP contribution in [-0.2, 0) is 0 Å². The summed E-state index contributed by atoms with van der Waals surface area (Å²) < 4.78 is 1.12. The monoisotopic (exact) mass is 326 g/mol. The highest BCUT2D eigenvalue weighted by Crippen LogP contribution is 2.27. The van der Waals surface area contributed by atoms with Gasteiger partial charge in [0.05, 0.1) is 15.9 Å². The van der Waals surface area contributed by atoms with Gasteiger partial charge in [0, 0.05) is 19.1 Å². The Kier molecular flexibility index (Phi) is 3.78. The highest BCUT2D eigenvalue weighted by atomic mass is 32.1.